The topological polar surface area (TPSA) is 75.7 Å². The first-order chi connectivity index (χ1) is 12.9. The van der Waals surface area contributed by atoms with E-state index in [4.69, 9.17) is 0 Å². The van der Waals surface area contributed by atoms with Crippen LogP contribution in [0.25, 0.3) is 0 Å². The summed E-state index contributed by atoms with van der Waals surface area (Å²) in [5.41, 5.74) is 2.81. The summed E-state index contributed by atoms with van der Waals surface area (Å²) in [4.78, 5) is 37.4. The van der Waals surface area contributed by atoms with Gasteiger partial charge in [-0.2, -0.15) is 0 Å². The van der Waals surface area contributed by atoms with Crippen molar-refractivity contribution < 1.29 is 19.1 Å². The molecule has 1 N–H and O–H groups in total. The Morgan fingerprint density at radius 2 is 1.78 bits per heavy atom. The molecule has 2 amide bonds. The van der Waals surface area contributed by atoms with E-state index in [1.54, 1.807) is 29.2 Å². The molecular formula is C21H24N2O4. The minimum atomic E-state index is -0.468. The number of esters is 1. The molecule has 0 aliphatic rings. The quantitative estimate of drug-likeness (QED) is 0.760. The van der Waals surface area contributed by atoms with Crippen molar-refractivity contribution in [1.82, 2.24) is 0 Å². The average molecular weight is 368 g/mol. The summed E-state index contributed by atoms with van der Waals surface area (Å²) < 4.78 is 4.67. The number of carbonyl (C=O) groups is 3. The molecule has 0 radical (unpaired) electrons. The monoisotopic (exact) mass is 368 g/mol. The second-order valence-electron chi connectivity index (χ2n) is 6.06. The van der Waals surface area contributed by atoms with E-state index in [2.05, 4.69) is 17.0 Å². The van der Waals surface area contributed by atoms with Crippen LogP contribution in [0.1, 0.15) is 36.2 Å². The predicted octanol–water partition coefficient (Wildman–Crippen LogP) is 3.42. The Bertz CT molecular complexity index is 815. The summed E-state index contributed by atoms with van der Waals surface area (Å²) in [5, 5.41) is 2.74. The minimum Gasteiger partial charge on any atom is -0.465 e. The van der Waals surface area contributed by atoms with Gasteiger partial charge in [0.2, 0.25) is 11.8 Å². The summed E-state index contributed by atoms with van der Waals surface area (Å²) in [5.74, 6) is -0.836. The highest BCUT2D eigenvalue weighted by molar-refractivity contribution is 5.96. The molecule has 0 heterocycles. The highest BCUT2D eigenvalue weighted by Gasteiger charge is 2.14. The summed E-state index contributed by atoms with van der Waals surface area (Å²) in [6.07, 6.45) is 1.06. The van der Waals surface area contributed by atoms with E-state index in [0.717, 1.165) is 12.1 Å². The summed E-state index contributed by atoms with van der Waals surface area (Å²) in [7, 11) is 1.30. The number of ether oxygens (including phenoxy) is 1. The number of anilines is 2. The molecule has 0 saturated heterocycles. The fraction of sp³-hybridized carbons (Fsp3) is 0.286. The second-order valence-corrected chi connectivity index (χ2v) is 6.06. The van der Waals surface area contributed by atoms with Crippen LogP contribution in [-0.4, -0.2) is 31.4 Å². The van der Waals surface area contributed by atoms with Gasteiger partial charge < -0.3 is 15.0 Å². The Hall–Kier alpha value is -3.15. The van der Waals surface area contributed by atoms with Crippen molar-refractivity contribution in [2.75, 3.05) is 23.9 Å². The van der Waals surface area contributed by atoms with Gasteiger partial charge in [0.05, 0.1) is 12.7 Å². The molecule has 0 unspecified atom stereocenters. The van der Waals surface area contributed by atoms with Gasteiger partial charge in [0.1, 0.15) is 0 Å². The fourth-order valence-electron chi connectivity index (χ4n) is 2.66. The van der Waals surface area contributed by atoms with Gasteiger partial charge in [-0.25, -0.2) is 4.79 Å². The number of rotatable bonds is 7. The van der Waals surface area contributed by atoms with Crippen LogP contribution in [0.4, 0.5) is 11.4 Å². The van der Waals surface area contributed by atoms with Crippen molar-refractivity contribution in [3.05, 3.63) is 59.7 Å². The summed E-state index contributed by atoms with van der Waals surface area (Å²) in [6.45, 7) is 3.81. The Morgan fingerprint density at radius 3 is 2.37 bits per heavy atom. The minimum absolute atomic E-state index is 0.125. The lowest BCUT2D eigenvalue weighted by molar-refractivity contribution is -0.117. The van der Waals surface area contributed by atoms with E-state index in [1.807, 2.05) is 24.3 Å². The largest absolute Gasteiger partial charge is 0.465 e. The molecule has 0 aliphatic heterocycles. The second kappa shape index (κ2) is 9.52. The van der Waals surface area contributed by atoms with E-state index in [0.29, 0.717) is 11.3 Å². The third-order valence-corrected chi connectivity index (χ3v) is 4.17. The van der Waals surface area contributed by atoms with Crippen LogP contribution in [0.2, 0.25) is 0 Å². The van der Waals surface area contributed by atoms with Gasteiger partial charge in [-0.15, -0.1) is 0 Å². The van der Waals surface area contributed by atoms with Crippen LogP contribution < -0.4 is 10.2 Å². The molecule has 2 rings (SSSR count). The average Bonchev–Trinajstić information content (AvgIpc) is 2.68. The molecule has 0 fully saturated rings. The Labute approximate surface area is 159 Å². The molecule has 0 spiro atoms. The van der Waals surface area contributed by atoms with Crippen molar-refractivity contribution >= 4 is 29.2 Å². The first-order valence-corrected chi connectivity index (χ1v) is 8.80. The third kappa shape index (κ3) is 5.67. The SMILES string of the molecule is CCc1ccc(N(CCC(=O)Nc2cccc(C(=O)OC)c2)C(C)=O)cc1. The molecule has 0 saturated carbocycles. The molecule has 2 aromatic rings. The van der Waals surface area contributed by atoms with Crippen LogP contribution in [0, 0.1) is 0 Å². The lowest BCUT2D eigenvalue weighted by Crippen LogP contribution is -2.31. The smallest absolute Gasteiger partial charge is 0.337 e. The lowest BCUT2D eigenvalue weighted by atomic mass is 10.1. The van der Waals surface area contributed by atoms with Crippen molar-refractivity contribution in [1.29, 1.82) is 0 Å². The Morgan fingerprint density at radius 1 is 1.07 bits per heavy atom. The van der Waals surface area contributed by atoms with Gasteiger partial charge in [0.15, 0.2) is 0 Å². The highest BCUT2D eigenvalue weighted by atomic mass is 16.5. The number of carbonyl (C=O) groups excluding carboxylic acids is 3. The molecule has 142 valence electrons. The maximum absolute atomic E-state index is 12.3. The van der Waals surface area contributed by atoms with E-state index >= 15 is 0 Å². The summed E-state index contributed by atoms with van der Waals surface area (Å²) >= 11 is 0. The Kier molecular flexibility index (Phi) is 7.11. The van der Waals surface area contributed by atoms with Gasteiger partial charge in [-0.3, -0.25) is 9.59 Å². The first kappa shape index (κ1) is 20.2. The van der Waals surface area contributed by atoms with Crippen molar-refractivity contribution in [2.45, 2.75) is 26.7 Å². The molecular weight excluding hydrogens is 344 g/mol. The number of hydrogen-bond donors (Lipinski definition) is 1. The number of hydrogen-bond acceptors (Lipinski definition) is 4. The fourth-order valence-corrected chi connectivity index (χ4v) is 2.66. The molecule has 6 nitrogen and oxygen atoms in total. The molecule has 6 heteroatoms. The van der Waals surface area contributed by atoms with Crippen LogP contribution in [0.5, 0.6) is 0 Å². The zero-order valence-electron chi connectivity index (χ0n) is 15.8. The normalized spacial score (nSPS) is 10.2. The molecule has 0 bridgehead atoms. The first-order valence-electron chi connectivity index (χ1n) is 8.80. The van der Waals surface area contributed by atoms with E-state index in [9.17, 15) is 14.4 Å². The third-order valence-electron chi connectivity index (χ3n) is 4.17. The van der Waals surface area contributed by atoms with E-state index in [1.165, 1.54) is 19.6 Å². The van der Waals surface area contributed by atoms with Gasteiger partial charge in [-0.05, 0) is 42.3 Å². The lowest BCUT2D eigenvalue weighted by Gasteiger charge is -2.21. The van der Waals surface area contributed by atoms with Crippen molar-refractivity contribution in [3.8, 4) is 0 Å². The predicted molar refractivity (Wildman–Crippen MR) is 105 cm³/mol. The van der Waals surface area contributed by atoms with Gasteiger partial charge >= 0.3 is 5.97 Å². The number of methoxy groups -OCH3 is 1. The zero-order chi connectivity index (χ0) is 19.8. The van der Waals surface area contributed by atoms with Crippen LogP contribution in [-0.2, 0) is 20.7 Å². The van der Waals surface area contributed by atoms with E-state index in [-0.39, 0.29) is 24.8 Å². The molecule has 2 aromatic carbocycles. The number of amides is 2. The number of nitrogens with one attached hydrogen (secondary N) is 1. The van der Waals surface area contributed by atoms with Crippen LogP contribution >= 0.6 is 0 Å². The van der Waals surface area contributed by atoms with Crippen molar-refractivity contribution in [2.24, 2.45) is 0 Å². The zero-order valence-corrected chi connectivity index (χ0v) is 15.8. The number of aryl methyl sites for hydroxylation is 1. The molecule has 0 atom stereocenters. The van der Waals surface area contributed by atoms with Crippen molar-refractivity contribution in [3.63, 3.8) is 0 Å². The highest BCUT2D eigenvalue weighted by Crippen LogP contribution is 2.17. The molecule has 0 aliphatic carbocycles. The van der Waals surface area contributed by atoms with Gasteiger partial charge in [0, 0.05) is 31.3 Å². The standard InChI is InChI=1S/C21H24N2O4/c1-4-16-8-10-19(11-9-16)23(15(2)24)13-12-20(25)22-18-7-5-6-17(14-18)21(26)27-3/h5-11,14H,4,12-13H2,1-3H3,(H,22,25). The maximum atomic E-state index is 12.3. The number of benzene rings is 2. The number of nitrogens with zero attached hydrogens (tertiary/aromatic N) is 1. The Balaban J connectivity index is 1.99. The van der Waals surface area contributed by atoms with Gasteiger partial charge in [0.25, 0.3) is 0 Å². The van der Waals surface area contributed by atoms with E-state index < -0.39 is 5.97 Å². The molecule has 0 aromatic heterocycles. The van der Waals surface area contributed by atoms with Crippen LogP contribution in [0.15, 0.2) is 48.5 Å². The molecule has 27 heavy (non-hydrogen) atoms. The van der Waals surface area contributed by atoms with Gasteiger partial charge in [-0.1, -0.05) is 25.1 Å². The van der Waals surface area contributed by atoms with Crippen LogP contribution in [0.3, 0.4) is 0 Å². The maximum Gasteiger partial charge on any atom is 0.337 e. The summed E-state index contributed by atoms with van der Waals surface area (Å²) in [6, 6.07) is 14.2.